The number of aromatic nitrogens is 2. The van der Waals surface area contributed by atoms with Gasteiger partial charge in [-0.25, -0.2) is 9.97 Å². The van der Waals surface area contributed by atoms with Crippen LogP contribution in [0, 0.1) is 12.8 Å². The first kappa shape index (κ1) is 14.1. The van der Waals surface area contributed by atoms with Gasteiger partial charge in [0.2, 0.25) is 0 Å². The summed E-state index contributed by atoms with van der Waals surface area (Å²) in [5.74, 6) is 2.49. The second-order valence-electron chi connectivity index (χ2n) is 6.95. The third kappa shape index (κ3) is 2.19. The largest absolute Gasteiger partial charge is 0.376 e. The van der Waals surface area contributed by atoms with Gasteiger partial charge >= 0.3 is 0 Å². The molecular formula is C17H22N4OS. The number of hydrogen-bond donors (Lipinski definition) is 1. The molecule has 1 aliphatic carbocycles. The molecular weight excluding hydrogens is 308 g/mol. The lowest BCUT2D eigenvalue weighted by Crippen LogP contribution is -2.67. The molecule has 3 aliphatic rings. The second-order valence-corrected chi connectivity index (χ2v) is 7.86. The Morgan fingerprint density at radius 2 is 2.17 bits per heavy atom. The Labute approximate surface area is 140 Å². The summed E-state index contributed by atoms with van der Waals surface area (Å²) in [7, 11) is 0. The Morgan fingerprint density at radius 1 is 1.30 bits per heavy atom. The average molecular weight is 330 g/mol. The van der Waals surface area contributed by atoms with E-state index in [-0.39, 0.29) is 0 Å². The maximum absolute atomic E-state index is 6.03. The van der Waals surface area contributed by atoms with Crippen LogP contribution in [0.4, 0.5) is 5.82 Å². The van der Waals surface area contributed by atoms with Gasteiger partial charge in [-0.15, -0.1) is 11.3 Å². The van der Waals surface area contributed by atoms with Crippen molar-refractivity contribution in [3.63, 3.8) is 0 Å². The minimum Gasteiger partial charge on any atom is -0.376 e. The minimum atomic E-state index is 0.423. The highest BCUT2D eigenvalue weighted by molar-refractivity contribution is 7.17. The van der Waals surface area contributed by atoms with E-state index >= 15 is 0 Å². The maximum Gasteiger partial charge on any atom is 0.148 e. The molecule has 0 unspecified atom stereocenters. The first-order valence-corrected chi connectivity index (χ1v) is 9.53. The zero-order valence-electron chi connectivity index (χ0n) is 13.4. The van der Waals surface area contributed by atoms with E-state index in [0.29, 0.717) is 24.1 Å². The Morgan fingerprint density at radius 3 is 3.04 bits per heavy atom. The summed E-state index contributed by atoms with van der Waals surface area (Å²) >= 11 is 1.73. The Hall–Kier alpha value is -1.24. The van der Waals surface area contributed by atoms with Gasteiger partial charge in [0.15, 0.2) is 0 Å². The van der Waals surface area contributed by atoms with Crippen molar-refractivity contribution in [3.05, 3.63) is 17.3 Å². The molecule has 5 nitrogen and oxygen atoms in total. The summed E-state index contributed by atoms with van der Waals surface area (Å²) in [5.41, 5.74) is 1.06. The van der Waals surface area contributed by atoms with Gasteiger partial charge < -0.3 is 10.1 Å². The van der Waals surface area contributed by atoms with Gasteiger partial charge in [0.1, 0.15) is 11.6 Å². The topological polar surface area (TPSA) is 50.3 Å². The third-order valence-electron chi connectivity index (χ3n) is 5.63. The summed E-state index contributed by atoms with van der Waals surface area (Å²) in [4.78, 5) is 11.9. The summed E-state index contributed by atoms with van der Waals surface area (Å²) in [5, 5.41) is 5.89. The molecule has 0 aromatic carbocycles. The van der Waals surface area contributed by atoms with E-state index < -0.39 is 0 Å². The number of nitrogens with zero attached hydrogens (tertiary/aromatic N) is 3. The fourth-order valence-electron chi connectivity index (χ4n) is 4.58. The number of aryl methyl sites for hydroxylation is 1. The molecule has 3 fully saturated rings. The Bertz CT molecular complexity index is 722. The molecule has 2 aromatic rings. The van der Waals surface area contributed by atoms with Crippen molar-refractivity contribution in [2.75, 3.05) is 25.0 Å². The molecule has 6 heteroatoms. The lowest BCUT2D eigenvalue weighted by Gasteiger charge is -2.52. The molecule has 2 aliphatic heterocycles. The predicted molar refractivity (Wildman–Crippen MR) is 92.0 cm³/mol. The molecule has 0 amide bonds. The van der Waals surface area contributed by atoms with E-state index in [4.69, 9.17) is 9.72 Å². The zero-order chi connectivity index (χ0) is 15.4. The van der Waals surface area contributed by atoms with Crippen molar-refractivity contribution in [1.29, 1.82) is 0 Å². The van der Waals surface area contributed by atoms with Gasteiger partial charge in [-0.1, -0.05) is 0 Å². The average Bonchev–Trinajstić information content (AvgIpc) is 3.25. The van der Waals surface area contributed by atoms with E-state index in [2.05, 4.69) is 26.6 Å². The molecule has 1 N–H and O–H groups in total. The summed E-state index contributed by atoms with van der Waals surface area (Å²) < 4.78 is 7.21. The van der Waals surface area contributed by atoms with E-state index in [9.17, 15) is 0 Å². The Balaban J connectivity index is 1.46. The minimum absolute atomic E-state index is 0.423. The van der Waals surface area contributed by atoms with Crippen molar-refractivity contribution >= 4 is 27.4 Å². The van der Waals surface area contributed by atoms with E-state index in [1.165, 1.54) is 37.1 Å². The molecule has 4 atom stereocenters. The normalized spacial score (nSPS) is 33.8. The molecule has 5 rings (SSSR count). The lowest BCUT2D eigenvalue weighted by atomic mass is 9.70. The molecule has 0 bridgehead atoms. The molecule has 1 saturated carbocycles. The van der Waals surface area contributed by atoms with Crippen LogP contribution in [0.3, 0.4) is 0 Å². The zero-order valence-corrected chi connectivity index (χ0v) is 14.2. The van der Waals surface area contributed by atoms with E-state index in [0.717, 1.165) is 23.8 Å². The fourth-order valence-corrected chi connectivity index (χ4v) is 5.36. The monoisotopic (exact) mass is 330 g/mol. The lowest BCUT2D eigenvalue weighted by molar-refractivity contribution is -0.0603. The smallest absolute Gasteiger partial charge is 0.148 e. The molecule has 0 radical (unpaired) electrons. The van der Waals surface area contributed by atoms with E-state index in [1.807, 2.05) is 6.92 Å². The number of anilines is 1. The number of ether oxygens (including phenoxy) is 1. The van der Waals surface area contributed by atoms with Gasteiger partial charge in [0.25, 0.3) is 0 Å². The summed E-state index contributed by atoms with van der Waals surface area (Å²) in [6.45, 7) is 5.32. The second kappa shape index (κ2) is 5.40. The first-order chi connectivity index (χ1) is 11.3. The van der Waals surface area contributed by atoms with Crippen molar-refractivity contribution < 1.29 is 4.74 Å². The molecule has 122 valence electrons. The molecule has 2 aromatic heterocycles. The quantitative estimate of drug-likeness (QED) is 0.938. The highest BCUT2D eigenvalue weighted by Crippen LogP contribution is 2.44. The van der Waals surface area contributed by atoms with Crippen LogP contribution in [0.2, 0.25) is 0 Å². The van der Waals surface area contributed by atoms with Crippen molar-refractivity contribution in [2.45, 2.75) is 44.4 Å². The fraction of sp³-hybridized carbons (Fsp3) is 0.647. The maximum atomic E-state index is 6.03. The van der Waals surface area contributed by atoms with E-state index in [1.54, 1.807) is 11.3 Å². The van der Waals surface area contributed by atoms with Crippen molar-refractivity contribution in [2.24, 2.45) is 5.92 Å². The van der Waals surface area contributed by atoms with Gasteiger partial charge in [0, 0.05) is 12.5 Å². The van der Waals surface area contributed by atoms with Crippen LogP contribution < -0.4 is 5.32 Å². The first-order valence-electron chi connectivity index (χ1n) is 8.65. The third-order valence-corrected chi connectivity index (χ3v) is 6.54. The Kier molecular flexibility index (Phi) is 3.32. The van der Waals surface area contributed by atoms with Gasteiger partial charge in [0.05, 0.1) is 28.4 Å². The van der Waals surface area contributed by atoms with Crippen molar-refractivity contribution in [1.82, 2.24) is 14.9 Å². The molecule has 4 heterocycles. The number of fused-ring (bicyclic) bond motifs is 2. The summed E-state index contributed by atoms with van der Waals surface area (Å²) in [6, 6.07) is 3.05. The van der Waals surface area contributed by atoms with Crippen LogP contribution in [0.5, 0.6) is 0 Å². The van der Waals surface area contributed by atoms with Crippen molar-refractivity contribution in [3.8, 4) is 0 Å². The van der Waals surface area contributed by atoms with Crippen LogP contribution in [0.15, 0.2) is 11.4 Å². The van der Waals surface area contributed by atoms with Crippen LogP contribution in [-0.2, 0) is 4.74 Å². The standard InChI is InChI=1S/C17H22N4OS/c1-10-18-12-5-9-23-16(12)17(19-10)20-13-11-4-8-22-15(11)14(13)21-6-2-3-7-21/h5,9,11,13-15H,2-4,6-8H2,1H3,(H,18,19,20)/t11-,13+,14-,15-/m1/s1. The number of likely N-dealkylation sites (tertiary alicyclic amines) is 1. The molecule has 23 heavy (non-hydrogen) atoms. The number of thiophene rings is 1. The summed E-state index contributed by atoms with van der Waals surface area (Å²) in [6.07, 6.45) is 4.24. The highest BCUT2D eigenvalue weighted by atomic mass is 32.1. The number of hydrogen-bond acceptors (Lipinski definition) is 6. The van der Waals surface area contributed by atoms with Gasteiger partial charge in [-0.05, 0) is 50.7 Å². The van der Waals surface area contributed by atoms with Gasteiger partial charge in [-0.2, -0.15) is 0 Å². The molecule has 0 spiro atoms. The highest BCUT2D eigenvalue weighted by Gasteiger charge is 2.56. The predicted octanol–water partition coefficient (Wildman–Crippen LogP) is 2.66. The van der Waals surface area contributed by atoms with Crippen LogP contribution in [0.25, 0.3) is 10.2 Å². The number of nitrogens with one attached hydrogen (secondary N) is 1. The van der Waals surface area contributed by atoms with Crippen LogP contribution in [0.1, 0.15) is 25.1 Å². The van der Waals surface area contributed by atoms with Crippen LogP contribution in [-0.4, -0.2) is 52.8 Å². The number of rotatable bonds is 3. The SMILES string of the molecule is Cc1nc(N[C@H]2[C@H]3CCO[C@H]3[C@@H]2N2CCCC2)c2sccc2n1. The van der Waals surface area contributed by atoms with Crippen LogP contribution >= 0.6 is 11.3 Å². The molecule has 2 saturated heterocycles. The van der Waals surface area contributed by atoms with Gasteiger partial charge in [-0.3, -0.25) is 4.90 Å².